The number of thioether (sulfide) groups is 1. The van der Waals surface area contributed by atoms with Crippen molar-refractivity contribution in [2.75, 3.05) is 11.6 Å². The smallest absolute Gasteiger partial charge is 0.327 e. The molecule has 1 atom stereocenters. The Balaban J connectivity index is 2.28. The van der Waals surface area contributed by atoms with E-state index in [-0.39, 0.29) is 16.5 Å². The van der Waals surface area contributed by atoms with Crippen LogP contribution in [0.4, 0.5) is 0 Å². The minimum atomic E-state index is -1.00. The molecule has 1 aromatic rings. The molecule has 1 heterocycles. The third-order valence-electron chi connectivity index (χ3n) is 2.59. The Morgan fingerprint density at radius 2 is 2.11 bits per heavy atom. The molecule has 4 nitrogen and oxygen atoms in total. The second-order valence-electron chi connectivity index (χ2n) is 3.75. The fraction of sp³-hybridized carbons (Fsp3) is 0.273. The first-order chi connectivity index (χ1) is 8.50. The number of amides is 1. The highest BCUT2D eigenvalue weighted by atomic mass is 35.5. The van der Waals surface area contributed by atoms with E-state index in [0.717, 1.165) is 0 Å². The van der Waals surface area contributed by atoms with Gasteiger partial charge in [-0.3, -0.25) is 4.79 Å². The molecule has 7 heteroatoms. The molecule has 1 aromatic carbocycles. The molecule has 0 spiro atoms. The summed E-state index contributed by atoms with van der Waals surface area (Å²) in [5.74, 6) is -0.631. The maximum atomic E-state index is 12.2. The van der Waals surface area contributed by atoms with E-state index in [1.165, 1.54) is 28.8 Å². The number of benzene rings is 1. The molecule has 1 amide bonds. The molecular formula is C11H9Cl2NO3S. The summed E-state index contributed by atoms with van der Waals surface area (Å²) in [6, 6.07) is 3.73. The van der Waals surface area contributed by atoms with E-state index in [1.54, 1.807) is 6.07 Å². The molecule has 0 radical (unpaired) electrons. The third kappa shape index (κ3) is 2.58. The van der Waals surface area contributed by atoms with E-state index in [9.17, 15) is 9.59 Å². The molecule has 1 saturated heterocycles. The molecule has 0 aromatic heterocycles. The summed E-state index contributed by atoms with van der Waals surface area (Å²) >= 11 is 13.1. The number of aliphatic carboxylic acids is 1. The van der Waals surface area contributed by atoms with Crippen molar-refractivity contribution in [1.29, 1.82) is 0 Å². The van der Waals surface area contributed by atoms with Gasteiger partial charge in [-0.1, -0.05) is 23.2 Å². The average Bonchev–Trinajstić information content (AvgIpc) is 2.77. The van der Waals surface area contributed by atoms with Crippen molar-refractivity contribution in [3.8, 4) is 0 Å². The molecule has 96 valence electrons. The second-order valence-corrected chi connectivity index (χ2v) is 5.60. The predicted octanol–water partition coefficient (Wildman–Crippen LogP) is 2.59. The lowest BCUT2D eigenvalue weighted by Gasteiger charge is -2.21. The number of nitrogens with zero attached hydrogens (tertiary/aromatic N) is 1. The van der Waals surface area contributed by atoms with Crippen LogP contribution in [-0.2, 0) is 4.79 Å². The van der Waals surface area contributed by atoms with Crippen LogP contribution in [0.5, 0.6) is 0 Å². The lowest BCUT2D eigenvalue weighted by atomic mass is 10.1. The van der Waals surface area contributed by atoms with Gasteiger partial charge in [0.05, 0.1) is 16.5 Å². The van der Waals surface area contributed by atoms with Crippen LogP contribution in [0.25, 0.3) is 0 Å². The summed E-state index contributed by atoms with van der Waals surface area (Å²) in [5, 5.41) is 9.69. The van der Waals surface area contributed by atoms with Crippen LogP contribution >= 0.6 is 35.0 Å². The molecule has 2 rings (SSSR count). The van der Waals surface area contributed by atoms with Crippen LogP contribution in [0, 0.1) is 0 Å². The summed E-state index contributed by atoms with van der Waals surface area (Å²) in [4.78, 5) is 24.5. The minimum absolute atomic E-state index is 0.230. The van der Waals surface area contributed by atoms with Gasteiger partial charge in [-0.05, 0) is 18.2 Å². The minimum Gasteiger partial charge on any atom is -0.480 e. The summed E-state index contributed by atoms with van der Waals surface area (Å²) in [6.45, 7) is 0. The summed E-state index contributed by atoms with van der Waals surface area (Å²) < 4.78 is 0. The maximum absolute atomic E-state index is 12.2. The zero-order valence-electron chi connectivity index (χ0n) is 9.10. The Morgan fingerprint density at radius 1 is 1.39 bits per heavy atom. The molecule has 1 aliphatic heterocycles. The van der Waals surface area contributed by atoms with Gasteiger partial charge in [0.15, 0.2) is 0 Å². The first-order valence-corrected chi connectivity index (χ1v) is 6.98. The standard InChI is InChI=1S/C11H9Cl2NO3S/c12-6-1-2-7(8(13)3-6)10(15)14-5-18-4-9(14)11(16)17/h1-3,9H,4-5H2,(H,16,17). The first-order valence-electron chi connectivity index (χ1n) is 5.07. The normalized spacial score (nSPS) is 19.0. The van der Waals surface area contributed by atoms with Crippen LogP contribution in [0.2, 0.25) is 10.0 Å². The highest BCUT2D eigenvalue weighted by Crippen LogP contribution is 2.27. The molecular weight excluding hydrogens is 297 g/mol. The molecule has 0 bridgehead atoms. The van der Waals surface area contributed by atoms with Gasteiger partial charge in [0.1, 0.15) is 6.04 Å². The van der Waals surface area contributed by atoms with Gasteiger partial charge in [-0.2, -0.15) is 0 Å². The van der Waals surface area contributed by atoms with E-state index in [2.05, 4.69) is 0 Å². The highest BCUT2D eigenvalue weighted by molar-refractivity contribution is 7.99. The maximum Gasteiger partial charge on any atom is 0.327 e. The molecule has 18 heavy (non-hydrogen) atoms. The number of carboxylic acids is 1. The quantitative estimate of drug-likeness (QED) is 0.912. The number of hydrogen-bond donors (Lipinski definition) is 1. The first kappa shape index (κ1) is 13.5. The van der Waals surface area contributed by atoms with Crippen molar-refractivity contribution in [3.63, 3.8) is 0 Å². The van der Waals surface area contributed by atoms with Gasteiger partial charge in [0, 0.05) is 10.8 Å². The van der Waals surface area contributed by atoms with Gasteiger partial charge < -0.3 is 10.0 Å². The van der Waals surface area contributed by atoms with E-state index >= 15 is 0 Å². The Kier molecular flexibility index (Phi) is 4.04. The fourth-order valence-electron chi connectivity index (χ4n) is 1.67. The Bertz CT molecular complexity index is 509. The van der Waals surface area contributed by atoms with Gasteiger partial charge in [0.25, 0.3) is 5.91 Å². The van der Waals surface area contributed by atoms with Crippen molar-refractivity contribution in [1.82, 2.24) is 4.90 Å². The van der Waals surface area contributed by atoms with E-state index < -0.39 is 12.0 Å². The zero-order chi connectivity index (χ0) is 13.3. The van der Waals surface area contributed by atoms with Crippen molar-refractivity contribution in [2.45, 2.75) is 6.04 Å². The topological polar surface area (TPSA) is 57.6 Å². The summed E-state index contributed by atoms with van der Waals surface area (Å²) in [5.41, 5.74) is 0.273. The number of halogens is 2. The summed E-state index contributed by atoms with van der Waals surface area (Å²) in [7, 11) is 0. The Hall–Kier alpha value is -0.910. The number of hydrogen-bond acceptors (Lipinski definition) is 3. The van der Waals surface area contributed by atoms with Crippen LogP contribution in [0.3, 0.4) is 0 Å². The van der Waals surface area contributed by atoms with Crippen LogP contribution < -0.4 is 0 Å². The Morgan fingerprint density at radius 3 is 2.72 bits per heavy atom. The molecule has 1 unspecified atom stereocenters. The molecule has 1 aliphatic rings. The van der Waals surface area contributed by atoms with Crippen molar-refractivity contribution in [3.05, 3.63) is 33.8 Å². The number of carboxylic acid groups (broad SMARTS) is 1. The zero-order valence-corrected chi connectivity index (χ0v) is 11.4. The number of carbonyl (C=O) groups is 2. The largest absolute Gasteiger partial charge is 0.480 e. The van der Waals surface area contributed by atoms with Gasteiger partial charge in [-0.15, -0.1) is 11.8 Å². The lowest BCUT2D eigenvalue weighted by molar-refractivity contribution is -0.140. The van der Waals surface area contributed by atoms with Crippen molar-refractivity contribution >= 4 is 46.8 Å². The second kappa shape index (κ2) is 5.38. The van der Waals surface area contributed by atoms with Gasteiger partial charge >= 0.3 is 5.97 Å². The predicted molar refractivity (Wildman–Crippen MR) is 71.4 cm³/mol. The molecule has 1 fully saturated rings. The number of rotatable bonds is 2. The lowest BCUT2D eigenvalue weighted by Crippen LogP contribution is -2.41. The number of carbonyl (C=O) groups excluding carboxylic acids is 1. The van der Waals surface area contributed by atoms with E-state index in [4.69, 9.17) is 28.3 Å². The van der Waals surface area contributed by atoms with Gasteiger partial charge in [-0.25, -0.2) is 4.79 Å². The van der Waals surface area contributed by atoms with Crippen molar-refractivity contribution < 1.29 is 14.7 Å². The monoisotopic (exact) mass is 305 g/mol. The third-order valence-corrected chi connectivity index (χ3v) is 4.15. The van der Waals surface area contributed by atoms with Gasteiger partial charge in [0.2, 0.25) is 0 Å². The SMILES string of the molecule is O=C(O)C1CSCN1C(=O)c1ccc(Cl)cc1Cl. The van der Waals surface area contributed by atoms with Crippen LogP contribution in [0.1, 0.15) is 10.4 Å². The fourth-order valence-corrected chi connectivity index (χ4v) is 3.30. The van der Waals surface area contributed by atoms with E-state index in [0.29, 0.717) is 16.7 Å². The van der Waals surface area contributed by atoms with Crippen molar-refractivity contribution in [2.24, 2.45) is 0 Å². The molecule has 0 saturated carbocycles. The average molecular weight is 306 g/mol. The summed E-state index contributed by atoms with van der Waals surface area (Å²) in [6.07, 6.45) is 0. The molecule has 0 aliphatic carbocycles. The Labute approximate surface area is 118 Å². The highest BCUT2D eigenvalue weighted by Gasteiger charge is 2.35. The molecule has 1 N–H and O–H groups in total. The van der Waals surface area contributed by atoms with Crippen LogP contribution in [-0.4, -0.2) is 39.6 Å². The van der Waals surface area contributed by atoms with E-state index in [1.807, 2.05) is 0 Å². The van der Waals surface area contributed by atoms with Crippen LogP contribution in [0.15, 0.2) is 18.2 Å².